The second-order valence-corrected chi connectivity index (χ2v) is 5.24. The number of halogens is 1. The van der Waals surface area contributed by atoms with Gasteiger partial charge in [-0.15, -0.1) is 0 Å². The first-order valence-corrected chi connectivity index (χ1v) is 6.29. The predicted octanol–water partition coefficient (Wildman–Crippen LogP) is 3.81. The van der Waals surface area contributed by atoms with Crippen molar-refractivity contribution >= 4 is 28.5 Å². The largest absolute Gasteiger partial charge is 0.480 e. The van der Waals surface area contributed by atoms with E-state index in [9.17, 15) is 4.79 Å². The van der Waals surface area contributed by atoms with Gasteiger partial charge in [-0.1, -0.05) is 31.5 Å². The van der Waals surface area contributed by atoms with Crippen LogP contribution in [0.25, 0.3) is 10.9 Å². The van der Waals surface area contributed by atoms with Crippen molar-refractivity contribution in [2.45, 2.75) is 33.2 Å². The van der Waals surface area contributed by atoms with Gasteiger partial charge in [0.1, 0.15) is 6.54 Å². The summed E-state index contributed by atoms with van der Waals surface area (Å²) in [6.45, 7) is 6.09. The topological polar surface area (TPSA) is 42.2 Å². The van der Waals surface area contributed by atoms with E-state index in [-0.39, 0.29) is 6.54 Å². The van der Waals surface area contributed by atoms with Crippen molar-refractivity contribution in [3.05, 3.63) is 34.5 Å². The first-order chi connectivity index (χ1) is 8.41. The highest BCUT2D eigenvalue weighted by Gasteiger charge is 2.15. The molecule has 3 nitrogen and oxygen atoms in total. The molecule has 1 N–H and O–H groups in total. The summed E-state index contributed by atoms with van der Waals surface area (Å²) in [5.41, 5.74) is 3.02. The van der Waals surface area contributed by atoms with Gasteiger partial charge in [0.25, 0.3) is 0 Å². The fourth-order valence-electron chi connectivity index (χ4n) is 2.31. The minimum absolute atomic E-state index is 0.0373. The Hall–Kier alpha value is -1.48. The third kappa shape index (κ3) is 2.10. The third-order valence-corrected chi connectivity index (χ3v) is 3.60. The number of hydrogen-bond donors (Lipinski definition) is 1. The first-order valence-electron chi connectivity index (χ1n) is 5.91. The lowest BCUT2D eigenvalue weighted by atomic mass is 10.0. The molecule has 96 valence electrons. The fraction of sp³-hybridized carbons (Fsp3) is 0.357. The summed E-state index contributed by atoms with van der Waals surface area (Å²) in [6.07, 6.45) is 1.92. The molecule has 1 heterocycles. The van der Waals surface area contributed by atoms with Gasteiger partial charge >= 0.3 is 5.97 Å². The Kier molecular flexibility index (Phi) is 3.35. The van der Waals surface area contributed by atoms with E-state index in [1.54, 1.807) is 4.57 Å². The normalized spacial score (nSPS) is 11.4. The minimum Gasteiger partial charge on any atom is -0.480 e. The summed E-state index contributed by atoms with van der Waals surface area (Å²) in [7, 11) is 0. The predicted molar refractivity (Wildman–Crippen MR) is 73.4 cm³/mol. The van der Waals surface area contributed by atoms with Gasteiger partial charge in [0, 0.05) is 16.6 Å². The van der Waals surface area contributed by atoms with Crippen LogP contribution in [0.4, 0.5) is 0 Å². The van der Waals surface area contributed by atoms with Crippen molar-refractivity contribution in [1.29, 1.82) is 0 Å². The van der Waals surface area contributed by atoms with Crippen molar-refractivity contribution in [3.63, 3.8) is 0 Å². The maximum absolute atomic E-state index is 10.9. The zero-order valence-corrected chi connectivity index (χ0v) is 11.5. The van der Waals surface area contributed by atoms with E-state index in [0.29, 0.717) is 10.9 Å². The lowest BCUT2D eigenvalue weighted by Crippen LogP contribution is -2.08. The van der Waals surface area contributed by atoms with Gasteiger partial charge in [-0.2, -0.15) is 0 Å². The van der Waals surface area contributed by atoms with Crippen LogP contribution in [0.5, 0.6) is 0 Å². The molecule has 1 aromatic carbocycles. The SMILES string of the molecule is Cc1c(Cl)ccc2c(C(C)C)cn(CC(=O)O)c12. The quantitative estimate of drug-likeness (QED) is 0.917. The number of carbonyl (C=O) groups is 1. The average Bonchev–Trinajstić information content (AvgIpc) is 2.62. The maximum atomic E-state index is 10.9. The lowest BCUT2D eigenvalue weighted by molar-refractivity contribution is -0.137. The average molecular weight is 266 g/mol. The Morgan fingerprint density at radius 2 is 2.11 bits per heavy atom. The molecule has 0 fully saturated rings. The molecule has 0 unspecified atom stereocenters. The molecule has 0 aliphatic rings. The molecule has 2 aromatic rings. The molecular formula is C14H16ClNO2. The number of aromatic nitrogens is 1. The fourth-order valence-corrected chi connectivity index (χ4v) is 2.46. The van der Waals surface area contributed by atoms with Crippen molar-refractivity contribution in [1.82, 2.24) is 4.57 Å². The Morgan fingerprint density at radius 3 is 2.67 bits per heavy atom. The molecule has 0 saturated heterocycles. The summed E-state index contributed by atoms with van der Waals surface area (Å²) in [5.74, 6) is -0.496. The number of benzene rings is 1. The van der Waals surface area contributed by atoms with Crippen LogP contribution in [-0.4, -0.2) is 15.6 Å². The molecule has 2 rings (SSSR count). The highest BCUT2D eigenvalue weighted by molar-refractivity contribution is 6.32. The Balaban J connectivity index is 2.77. The molecule has 0 spiro atoms. The van der Waals surface area contributed by atoms with E-state index in [0.717, 1.165) is 22.0 Å². The number of aliphatic carboxylic acids is 1. The van der Waals surface area contributed by atoms with Crippen LogP contribution in [0, 0.1) is 6.92 Å². The van der Waals surface area contributed by atoms with Crippen LogP contribution in [0.2, 0.25) is 5.02 Å². The highest BCUT2D eigenvalue weighted by atomic mass is 35.5. The minimum atomic E-state index is -0.846. The van der Waals surface area contributed by atoms with E-state index in [1.807, 2.05) is 25.3 Å². The van der Waals surface area contributed by atoms with E-state index in [2.05, 4.69) is 13.8 Å². The van der Waals surface area contributed by atoms with Crippen LogP contribution in [-0.2, 0) is 11.3 Å². The van der Waals surface area contributed by atoms with Crippen molar-refractivity contribution in [2.24, 2.45) is 0 Å². The number of hydrogen-bond acceptors (Lipinski definition) is 1. The van der Waals surface area contributed by atoms with Gasteiger partial charge in [0.05, 0.1) is 5.52 Å². The smallest absolute Gasteiger partial charge is 0.323 e. The van der Waals surface area contributed by atoms with E-state index >= 15 is 0 Å². The molecule has 0 aliphatic carbocycles. The first kappa shape index (κ1) is 13.0. The van der Waals surface area contributed by atoms with Gasteiger partial charge in [0.15, 0.2) is 0 Å². The van der Waals surface area contributed by atoms with Crippen molar-refractivity contribution < 1.29 is 9.90 Å². The number of nitrogens with zero attached hydrogens (tertiary/aromatic N) is 1. The molecule has 18 heavy (non-hydrogen) atoms. The summed E-state index contributed by atoms with van der Waals surface area (Å²) in [6, 6.07) is 3.84. The van der Waals surface area contributed by atoms with Crippen molar-refractivity contribution in [2.75, 3.05) is 0 Å². The van der Waals surface area contributed by atoms with Crippen LogP contribution in [0.3, 0.4) is 0 Å². The van der Waals surface area contributed by atoms with Gasteiger partial charge in [-0.25, -0.2) is 0 Å². The van der Waals surface area contributed by atoms with Crippen LogP contribution >= 0.6 is 11.6 Å². The summed E-state index contributed by atoms with van der Waals surface area (Å²) >= 11 is 6.12. The lowest BCUT2D eigenvalue weighted by Gasteiger charge is -2.06. The molecule has 1 aromatic heterocycles. The van der Waals surface area contributed by atoms with Gasteiger partial charge < -0.3 is 9.67 Å². The molecule has 0 aliphatic heterocycles. The van der Waals surface area contributed by atoms with Crippen molar-refractivity contribution in [3.8, 4) is 0 Å². The second-order valence-electron chi connectivity index (χ2n) is 4.83. The molecule has 0 radical (unpaired) electrons. The number of aryl methyl sites for hydroxylation is 1. The van der Waals surface area contributed by atoms with Gasteiger partial charge in [-0.3, -0.25) is 4.79 Å². The number of carboxylic acids is 1. The zero-order valence-electron chi connectivity index (χ0n) is 10.7. The molecule has 0 atom stereocenters. The standard InChI is InChI=1S/C14H16ClNO2/c1-8(2)11-6-16(7-13(17)18)14-9(3)12(15)5-4-10(11)14/h4-6,8H,7H2,1-3H3,(H,17,18). The van der Waals surface area contributed by atoms with Crippen LogP contribution in [0.15, 0.2) is 18.3 Å². The zero-order chi connectivity index (χ0) is 13.4. The number of fused-ring (bicyclic) bond motifs is 1. The summed E-state index contributed by atoms with van der Waals surface area (Å²) < 4.78 is 1.77. The number of carboxylic acid groups (broad SMARTS) is 1. The monoisotopic (exact) mass is 265 g/mol. The van der Waals surface area contributed by atoms with Crippen LogP contribution in [0.1, 0.15) is 30.9 Å². The van der Waals surface area contributed by atoms with E-state index < -0.39 is 5.97 Å². The highest BCUT2D eigenvalue weighted by Crippen LogP contribution is 2.32. The molecule has 0 saturated carbocycles. The number of rotatable bonds is 3. The maximum Gasteiger partial charge on any atom is 0.323 e. The molecular weight excluding hydrogens is 250 g/mol. The summed E-state index contributed by atoms with van der Waals surface area (Å²) in [4.78, 5) is 10.9. The Morgan fingerprint density at radius 1 is 1.44 bits per heavy atom. The summed E-state index contributed by atoms with van der Waals surface area (Å²) in [5, 5.41) is 10.7. The van der Waals surface area contributed by atoms with E-state index in [4.69, 9.17) is 16.7 Å². The molecule has 0 amide bonds. The van der Waals surface area contributed by atoms with Crippen LogP contribution < -0.4 is 0 Å². The van der Waals surface area contributed by atoms with E-state index in [1.165, 1.54) is 0 Å². The molecule has 4 heteroatoms. The Bertz CT molecular complexity index is 614. The molecule has 0 bridgehead atoms. The van der Waals surface area contributed by atoms with Gasteiger partial charge in [-0.05, 0) is 30.0 Å². The van der Waals surface area contributed by atoms with Gasteiger partial charge in [0.2, 0.25) is 0 Å². The second kappa shape index (κ2) is 4.65. The Labute approximate surface area is 111 Å². The third-order valence-electron chi connectivity index (χ3n) is 3.19.